The van der Waals surface area contributed by atoms with E-state index >= 15 is 0 Å². The van der Waals surface area contributed by atoms with E-state index in [2.05, 4.69) is 10.3 Å². The number of benzene rings is 2. The van der Waals surface area contributed by atoms with Crippen LogP contribution in [0, 0.1) is 11.3 Å². The molecule has 29 heavy (non-hydrogen) atoms. The molecule has 1 aliphatic heterocycles. The molecule has 4 rings (SSSR count). The highest BCUT2D eigenvalue weighted by molar-refractivity contribution is 7.15. The molecular formula is C21H14N4O3S. The predicted octanol–water partition coefficient (Wildman–Crippen LogP) is 3.11. The van der Waals surface area contributed by atoms with Crippen LogP contribution in [0.1, 0.15) is 41.5 Å². The summed E-state index contributed by atoms with van der Waals surface area (Å²) >= 11 is 1.28. The van der Waals surface area contributed by atoms with E-state index < -0.39 is 0 Å². The van der Waals surface area contributed by atoms with Crippen molar-refractivity contribution in [3.8, 4) is 6.07 Å². The zero-order chi connectivity index (χ0) is 20.4. The first-order valence-corrected chi connectivity index (χ1v) is 9.60. The molecular weight excluding hydrogens is 388 g/mol. The van der Waals surface area contributed by atoms with Crippen molar-refractivity contribution in [1.82, 2.24) is 9.88 Å². The molecule has 3 amide bonds. The van der Waals surface area contributed by atoms with Crippen molar-refractivity contribution in [2.24, 2.45) is 0 Å². The number of fused-ring (bicyclic) bond motifs is 1. The predicted molar refractivity (Wildman–Crippen MR) is 107 cm³/mol. The van der Waals surface area contributed by atoms with Crippen molar-refractivity contribution >= 4 is 34.2 Å². The van der Waals surface area contributed by atoms with Gasteiger partial charge in [-0.25, -0.2) is 4.98 Å². The van der Waals surface area contributed by atoms with E-state index in [0.29, 0.717) is 33.8 Å². The minimum absolute atomic E-state index is 0.242. The van der Waals surface area contributed by atoms with Gasteiger partial charge in [0.15, 0.2) is 5.13 Å². The lowest BCUT2D eigenvalue weighted by atomic mass is 10.1. The molecule has 0 bridgehead atoms. The molecule has 0 radical (unpaired) electrons. The summed E-state index contributed by atoms with van der Waals surface area (Å²) in [5.74, 6) is -0.939. The SMILES string of the molecule is N#Cc1cccc(C(=O)Nc2ncc(CCN3C(=O)c4ccccc4C3=O)s2)c1. The Morgan fingerprint density at radius 2 is 1.83 bits per heavy atom. The number of aromatic nitrogens is 1. The lowest BCUT2D eigenvalue weighted by molar-refractivity contribution is 0.0656. The molecule has 3 aromatic rings. The standard InChI is InChI=1S/C21H14N4O3S/c22-11-13-4-3-5-14(10-13)18(26)24-21-23-12-15(29-21)8-9-25-19(27)16-6-1-2-7-17(16)20(25)28/h1-7,10,12H,8-9H2,(H,23,24,26). The van der Waals surface area contributed by atoms with Gasteiger partial charge in [0.25, 0.3) is 17.7 Å². The van der Waals surface area contributed by atoms with E-state index in [-0.39, 0.29) is 24.3 Å². The van der Waals surface area contributed by atoms with E-state index in [1.807, 2.05) is 6.07 Å². The number of amides is 3. The van der Waals surface area contributed by atoms with Gasteiger partial charge in [-0.3, -0.25) is 24.6 Å². The first-order valence-electron chi connectivity index (χ1n) is 8.78. The van der Waals surface area contributed by atoms with E-state index in [1.54, 1.807) is 48.7 Å². The summed E-state index contributed by atoms with van der Waals surface area (Å²) in [5.41, 5.74) is 1.62. The quantitative estimate of drug-likeness (QED) is 0.661. The van der Waals surface area contributed by atoms with Gasteiger partial charge in [0.2, 0.25) is 0 Å². The number of hydrogen-bond acceptors (Lipinski definition) is 6. The summed E-state index contributed by atoms with van der Waals surface area (Å²) in [6.45, 7) is 0.242. The third-order valence-electron chi connectivity index (χ3n) is 4.49. The maximum atomic E-state index is 12.4. The molecule has 0 fully saturated rings. The molecule has 0 unspecified atom stereocenters. The summed E-state index contributed by atoms with van der Waals surface area (Å²) in [5, 5.41) is 12.0. The number of carbonyl (C=O) groups excluding carboxylic acids is 3. The molecule has 0 spiro atoms. The Morgan fingerprint density at radius 1 is 1.10 bits per heavy atom. The monoisotopic (exact) mass is 402 g/mol. The van der Waals surface area contributed by atoms with Crippen LogP contribution in [0.2, 0.25) is 0 Å². The zero-order valence-corrected chi connectivity index (χ0v) is 15.9. The van der Waals surface area contributed by atoms with E-state index in [1.165, 1.54) is 22.3 Å². The number of rotatable bonds is 5. The average molecular weight is 402 g/mol. The number of imide groups is 1. The zero-order valence-electron chi connectivity index (χ0n) is 15.1. The van der Waals surface area contributed by atoms with Crippen LogP contribution >= 0.6 is 11.3 Å². The highest BCUT2D eigenvalue weighted by atomic mass is 32.1. The van der Waals surface area contributed by atoms with Crippen molar-refractivity contribution in [2.45, 2.75) is 6.42 Å². The van der Waals surface area contributed by atoms with Crippen molar-refractivity contribution in [3.05, 3.63) is 81.9 Å². The number of carbonyl (C=O) groups is 3. The van der Waals surface area contributed by atoms with Gasteiger partial charge in [-0.15, -0.1) is 11.3 Å². The fraction of sp³-hybridized carbons (Fsp3) is 0.0952. The topological polar surface area (TPSA) is 103 Å². The van der Waals surface area contributed by atoms with Gasteiger partial charge in [0.1, 0.15) is 0 Å². The summed E-state index contributed by atoms with van der Waals surface area (Å²) in [6.07, 6.45) is 2.06. The molecule has 0 aliphatic carbocycles. The molecule has 0 atom stereocenters. The maximum Gasteiger partial charge on any atom is 0.261 e. The molecule has 0 saturated carbocycles. The van der Waals surface area contributed by atoms with Gasteiger partial charge < -0.3 is 0 Å². The second kappa shape index (κ2) is 7.66. The van der Waals surface area contributed by atoms with Gasteiger partial charge in [0.05, 0.1) is 22.8 Å². The van der Waals surface area contributed by atoms with Crippen LogP contribution in [0.5, 0.6) is 0 Å². The van der Waals surface area contributed by atoms with E-state index in [9.17, 15) is 14.4 Å². The molecule has 1 aliphatic rings. The number of nitrogens with zero attached hydrogens (tertiary/aromatic N) is 3. The Kier molecular flexibility index (Phi) is 4.89. The fourth-order valence-corrected chi connectivity index (χ4v) is 3.84. The minimum atomic E-state index is -0.358. The van der Waals surface area contributed by atoms with Crippen LogP contribution in [0.3, 0.4) is 0 Å². The fourth-order valence-electron chi connectivity index (χ4n) is 3.04. The smallest absolute Gasteiger partial charge is 0.261 e. The van der Waals surface area contributed by atoms with Crippen molar-refractivity contribution in [1.29, 1.82) is 5.26 Å². The van der Waals surface area contributed by atoms with Gasteiger partial charge >= 0.3 is 0 Å². The minimum Gasteiger partial charge on any atom is -0.298 e. The van der Waals surface area contributed by atoms with Crippen LogP contribution in [0.25, 0.3) is 0 Å². The molecule has 142 valence electrons. The summed E-state index contributed by atoms with van der Waals surface area (Å²) < 4.78 is 0. The van der Waals surface area contributed by atoms with E-state index in [4.69, 9.17) is 5.26 Å². The van der Waals surface area contributed by atoms with Crippen molar-refractivity contribution < 1.29 is 14.4 Å². The normalized spacial score (nSPS) is 12.6. The largest absolute Gasteiger partial charge is 0.298 e. The van der Waals surface area contributed by atoms with Crippen LogP contribution in [-0.2, 0) is 6.42 Å². The van der Waals surface area contributed by atoms with Gasteiger partial charge in [-0.1, -0.05) is 18.2 Å². The number of nitriles is 1. The number of hydrogen-bond donors (Lipinski definition) is 1. The highest BCUT2D eigenvalue weighted by Gasteiger charge is 2.34. The van der Waals surface area contributed by atoms with Crippen LogP contribution in [-0.4, -0.2) is 34.2 Å². The Morgan fingerprint density at radius 3 is 2.52 bits per heavy atom. The Balaban J connectivity index is 1.39. The van der Waals surface area contributed by atoms with Crippen LogP contribution < -0.4 is 5.32 Å². The van der Waals surface area contributed by atoms with Crippen LogP contribution in [0.4, 0.5) is 5.13 Å². The summed E-state index contributed by atoms with van der Waals surface area (Å²) in [6, 6.07) is 15.2. The number of thiazole rings is 1. The number of anilines is 1. The Bertz CT molecular complexity index is 1140. The summed E-state index contributed by atoms with van der Waals surface area (Å²) in [4.78, 5) is 43.4. The van der Waals surface area contributed by atoms with Gasteiger partial charge in [-0.2, -0.15) is 5.26 Å². The average Bonchev–Trinajstić information content (AvgIpc) is 3.29. The summed E-state index contributed by atoms with van der Waals surface area (Å²) in [7, 11) is 0. The molecule has 1 N–H and O–H groups in total. The molecule has 2 heterocycles. The maximum absolute atomic E-state index is 12.4. The first-order chi connectivity index (χ1) is 14.1. The van der Waals surface area contributed by atoms with Crippen LogP contribution in [0.15, 0.2) is 54.7 Å². The highest BCUT2D eigenvalue weighted by Crippen LogP contribution is 2.24. The Hall–Kier alpha value is -3.83. The first kappa shape index (κ1) is 18.5. The molecule has 8 heteroatoms. The third-order valence-corrected chi connectivity index (χ3v) is 5.46. The van der Waals surface area contributed by atoms with Gasteiger partial charge in [-0.05, 0) is 30.3 Å². The Labute approximate surface area is 170 Å². The molecule has 7 nitrogen and oxygen atoms in total. The molecule has 0 saturated heterocycles. The second-order valence-corrected chi connectivity index (χ2v) is 7.45. The molecule has 2 aromatic carbocycles. The van der Waals surface area contributed by atoms with E-state index in [0.717, 1.165) is 4.88 Å². The second-order valence-electron chi connectivity index (χ2n) is 6.34. The lowest BCUT2D eigenvalue weighted by Crippen LogP contribution is -2.31. The van der Waals surface area contributed by atoms with Crippen molar-refractivity contribution in [2.75, 3.05) is 11.9 Å². The van der Waals surface area contributed by atoms with Gasteiger partial charge in [0, 0.05) is 29.6 Å². The van der Waals surface area contributed by atoms with Crippen molar-refractivity contribution in [3.63, 3.8) is 0 Å². The lowest BCUT2D eigenvalue weighted by Gasteiger charge is -2.12. The third kappa shape index (κ3) is 3.63. The molecule has 1 aromatic heterocycles. The number of nitrogens with one attached hydrogen (secondary N) is 1.